The smallest absolute Gasteiger partial charge is 0.320 e. The van der Waals surface area contributed by atoms with Crippen LogP contribution in [0.5, 0.6) is 5.75 Å². The highest BCUT2D eigenvalue weighted by Crippen LogP contribution is 2.16. The highest BCUT2D eigenvalue weighted by Gasteiger charge is 2.31. The van der Waals surface area contributed by atoms with E-state index in [9.17, 15) is 9.59 Å². The number of hydrogen-bond acceptors (Lipinski definition) is 4. The third-order valence-corrected chi connectivity index (χ3v) is 3.64. The van der Waals surface area contributed by atoms with Gasteiger partial charge in [0.05, 0.1) is 13.7 Å². The molecule has 1 aliphatic heterocycles. The summed E-state index contributed by atoms with van der Waals surface area (Å²) in [6.45, 7) is 1.22. The molecule has 1 atom stereocenters. The zero-order valence-electron chi connectivity index (χ0n) is 12.4. The van der Waals surface area contributed by atoms with Gasteiger partial charge in [-0.1, -0.05) is 12.1 Å². The van der Waals surface area contributed by atoms with E-state index in [1.807, 2.05) is 24.3 Å². The SMILES string of the molecule is COc1ccc(CNC(=O)CN2CCCC2C(=O)O)cc1.Cl. The minimum absolute atomic E-state index is 0. The van der Waals surface area contributed by atoms with Crippen molar-refractivity contribution in [2.45, 2.75) is 25.4 Å². The summed E-state index contributed by atoms with van der Waals surface area (Å²) in [5, 5.41) is 11.9. The first kappa shape index (κ1) is 18.3. The molecule has 7 heteroatoms. The van der Waals surface area contributed by atoms with Crippen LogP contribution in [0.1, 0.15) is 18.4 Å². The van der Waals surface area contributed by atoms with Crippen molar-refractivity contribution in [1.29, 1.82) is 0 Å². The van der Waals surface area contributed by atoms with E-state index in [-0.39, 0.29) is 24.9 Å². The molecule has 0 aromatic heterocycles. The molecule has 1 amide bonds. The molecule has 0 radical (unpaired) electrons. The zero-order chi connectivity index (χ0) is 15.2. The van der Waals surface area contributed by atoms with Crippen molar-refractivity contribution in [3.63, 3.8) is 0 Å². The highest BCUT2D eigenvalue weighted by atomic mass is 35.5. The zero-order valence-corrected chi connectivity index (χ0v) is 13.3. The summed E-state index contributed by atoms with van der Waals surface area (Å²) in [6, 6.07) is 6.91. The lowest BCUT2D eigenvalue weighted by Gasteiger charge is -2.20. The number of carbonyl (C=O) groups is 2. The average molecular weight is 329 g/mol. The van der Waals surface area contributed by atoms with Gasteiger partial charge in [-0.25, -0.2) is 0 Å². The van der Waals surface area contributed by atoms with E-state index in [0.717, 1.165) is 17.7 Å². The summed E-state index contributed by atoms with van der Waals surface area (Å²) in [5.41, 5.74) is 0.973. The number of hydrogen-bond donors (Lipinski definition) is 2. The third kappa shape index (κ3) is 4.89. The normalized spacial score (nSPS) is 17.6. The monoisotopic (exact) mass is 328 g/mol. The van der Waals surface area contributed by atoms with Crippen LogP contribution in [0, 0.1) is 0 Å². The van der Waals surface area contributed by atoms with Crippen LogP contribution in [-0.4, -0.2) is 48.1 Å². The molecule has 1 fully saturated rings. The van der Waals surface area contributed by atoms with Gasteiger partial charge in [-0.3, -0.25) is 14.5 Å². The molecule has 2 rings (SSSR count). The summed E-state index contributed by atoms with van der Waals surface area (Å²) in [4.78, 5) is 24.7. The minimum Gasteiger partial charge on any atom is -0.497 e. The first-order chi connectivity index (χ1) is 10.1. The Morgan fingerprint density at radius 2 is 2.05 bits per heavy atom. The van der Waals surface area contributed by atoms with Crippen molar-refractivity contribution in [3.05, 3.63) is 29.8 Å². The first-order valence-corrected chi connectivity index (χ1v) is 6.96. The van der Waals surface area contributed by atoms with Crippen molar-refractivity contribution in [2.24, 2.45) is 0 Å². The number of halogens is 1. The van der Waals surface area contributed by atoms with E-state index >= 15 is 0 Å². The quantitative estimate of drug-likeness (QED) is 0.822. The molecular weight excluding hydrogens is 308 g/mol. The lowest BCUT2D eigenvalue weighted by atomic mass is 10.2. The van der Waals surface area contributed by atoms with Gasteiger partial charge in [0, 0.05) is 6.54 Å². The summed E-state index contributed by atoms with van der Waals surface area (Å²) in [6.07, 6.45) is 1.43. The maximum absolute atomic E-state index is 11.9. The lowest BCUT2D eigenvalue weighted by Crippen LogP contribution is -2.42. The molecule has 0 spiro atoms. The molecule has 22 heavy (non-hydrogen) atoms. The molecule has 2 N–H and O–H groups in total. The molecule has 1 aliphatic rings. The maximum Gasteiger partial charge on any atom is 0.320 e. The first-order valence-electron chi connectivity index (χ1n) is 6.96. The number of carboxylic acid groups (broad SMARTS) is 1. The van der Waals surface area contributed by atoms with Gasteiger partial charge in [-0.05, 0) is 37.1 Å². The summed E-state index contributed by atoms with van der Waals surface area (Å²) < 4.78 is 5.07. The van der Waals surface area contributed by atoms with Crippen LogP contribution >= 0.6 is 12.4 Å². The molecule has 1 saturated heterocycles. The Balaban J connectivity index is 0.00000242. The molecule has 0 saturated carbocycles. The van der Waals surface area contributed by atoms with Crippen LogP contribution in [0.15, 0.2) is 24.3 Å². The number of carboxylic acids is 1. The van der Waals surface area contributed by atoms with Gasteiger partial charge in [-0.15, -0.1) is 12.4 Å². The fourth-order valence-electron chi connectivity index (χ4n) is 2.48. The van der Waals surface area contributed by atoms with E-state index in [1.165, 1.54) is 0 Å². The molecular formula is C15H21ClN2O4. The molecule has 1 unspecified atom stereocenters. The van der Waals surface area contributed by atoms with Gasteiger partial charge in [0.1, 0.15) is 11.8 Å². The Kier molecular flexibility index (Phi) is 7.14. The van der Waals surface area contributed by atoms with Crippen molar-refractivity contribution in [2.75, 3.05) is 20.2 Å². The van der Waals surface area contributed by atoms with Crippen LogP contribution in [-0.2, 0) is 16.1 Å². The van der Waals surface area contributed by atoms with Gasteiger partial charge in [0.15, 0.2) is 0 Å². The Labute approximate surface area is 135 Å². The topological polar surface area (TPSA) is 78.9 Å². The molecule has 122 valence electrons. The van der Waals surface area contributed by atoms with Gasteiger partial charge < -0.3 is 15.2 Å². The standard InChI is InChI=1S/C15H20N2O4.ClH/c1-21-12-6-4-11(5-7-12)9-16-14(18)10-17-8-2-3-13(17)15(19)20;/h4-7,13H,2-3,8-10H2,1H3,(H,16,18)(H,19,20);1H. The molecule has 1 aromatic rings. The van der Waals surface area contributed by atoms with Gasteiger partial charge in [0.2, 0.25) is 5.91 Å². The Morgan fingerprint density at radius 3 is 2.64 bits per heavy atom. The average Bonchev–Trinajstić information content (AvgIpc) is 2.94. The van der Waals surface area contributed by atoms with Crippen molar-refractivity contribution in [3.8, 4) is 5.75 Å². The van der Waals surface area contributed by atoms with E-state index in [4.69, 9.17) is 9.84 Å². The lowest BCUT2D eigenvalue weighted by molar-refractivity contribution is -0.142. The Bertz CT molecular complexity index is 507. The number of benzene rings is 1. The molecule has 6 nitrogen and oxygen atoms in total. The fraction of sp³-hybridized carbons (Fsp3) is 0.467. The number of aliphatic carboxylic acids is 1. The van der Waals surface area contributed by atoms with E-state index in [0.29, 0.717) is 19.5 Å². The largest absolute Gasteiger partial charge is 0.497 e. The molecule has 0 aliphatic carbocycles. The predicted molar refractivity (Wildman–Crippen MR) is 84.3 cm³/mol. The summed E-state index contributed by atoms with van der Waals surface area (Å²) >= 11 is 0. The van der Waals surface area contributed by atoms with Crippen LogP contribution < -0.4 is 10.1 Å². The van der Waals surface area contributed by atoms with Crippen LogP contribution in [0.3, 0.4) is 0 Å². The van der Waals surface area contributed by atoms with Crippen molar-refractivity contribution >= 4 is 24.3 Å². The van der Waals surface area contributed by atoms with E-state index in [1.54, 1.807) is 12.0 Å². The number of carbonyl (C=O) groups excluding carboxylic acids is 1. The molecule has 1 heterocycles. The molecule has 0 bridgehead atoms. The summed E-state index contributed by atoms with van der Waals surface area (Å²) in [5.74, 6) is -0.235. The Morgan fingerprint density at radius 1 is 1.36 bits per heavy atom. The second kappa shape index (κ2) is 8.60. The predicted octanol–water partition coefficient (Wildman–Crippen LogP) is 1.28. The van der Waals surface area contributed by atoms with Crippen molar-refractivity contribution in [1.82, 2.24) is 10.2 Å². The van der Waals surface area contributed by atoms with Gasteiger partial charge in [-0.2, -0.15) is 0 Å². The number of methoxy groups -OCH3 is 1. The fourth-order valence-corrected chi connectivity index (χ4v) is 2.48. The van der Waals surface area contributed by atoms with E-state index in [2.05, 4.69) is 5.32 Å². The highest BCUT2D eigenvalue weighted by molar-refractivity contribution is 5.85. The number of likely N-dealkylation sites (tertiary alicyclic amines) is 1. The van der Waals surface area contributed by atoms with Gasteiger partial charge in [0.25, 0.3) is 0 Å². The van der Waals surface area contributed by atoms with Crippen LogP contribution in [0.4, 0.5) is 0 Å². The second-order valence-electron chi connectivity index (χ2n) is 5.09. The van der Waals surface area contributed by atoms with E-state index < -0.39 is 12.0 Å². The third-order valence-electron chi connectivity index (χ3n) is 3.64. The van der Waals surface area contributed by atoms with Crippen LogP contribution in [0.2, 0.25) is 0 Å². The van der Waals surface area contributed by atoms with Crippen molar-refractivity contribution < 1.29 is 19.4 Å². The van der Waals surface area contributed by atoms with Gasteiger partial charge >= 0.3 is 5.97 Å². The minimum atomic E-state index is -0.851. The summed E-state index contributed by atoms with van der Waals surface area (Å²) in [7, 11) is 1.60. The molecule has 1 aromatic carbocycles. The number of ether oxygens (including phenoxy) is 1. The second-order valence-corrected chi connectivity index (χ2v) is 5.09. The Hall–Kier alpha value is -1.79. The maximum atomic E-state index is 11.9. The number of nitrogens with one attached hydrogen (secondary N) is 1. The number of rotatable bonds is 6. The number of amides is 1. The van der Waals surface area contributed by atoms with Crippen LogP contribution in [0.25, 0.3) is 0 Å². The number of nitrogens with zero attached hydrogens (tertiary/aromatic N) is 1.